The summed E-state index contributed by atoms with van der Waals surface area (Å²) >= 11 is 0. The first-order valence-electron chi connectivity index (χ1n) is 6.16. The molecule has 3 nitrogen and oxygen atoms in total. The van der Waals surface area contributed by atoms with Gasteiger partial charge in [0, 0.05) is 6.54 Å². The lowest BCUT2D eigenvalue weighted by atomic mass is 9.98. The smallest absolute Gasteiger partial charge is 0.310 e. The quantitative estimate of drug-likeness (QED) is 0.655. The summed E-state index contributed by atoms with van der Waals surface area (Å²) in [6, 6.07) is 0. The average Bonchev–Trinajstić information content (AvgIpc) is 2.27. The van der Waals surface area contributed by atoms with Crippen LogP contribution in [0.1, 0.15) is 39.5 Å². The highest BCUT2D eigenvalue weighted by atomic mass is 16.5. The van der Waals surface area contributed by atoms with Gasteiger partial charge in [-0.3, -0.25) is 4.79 Å². The van der Waals surface area contributed by atoms with E-state index in [0.29, 0.717) is 6.61 Å². The average molecular weight is 213 g/mol. The zero-order valence-electron chi connectivity index (χ0n) is 10.00. The standard InChI is InChI=1S/C12H23NO2/c1-3-5-8-13-9-6-7-11(10-13)12(14)15-4-2/h11H,3-10H2,1-2H3/t11-/m1/s1. The minimum atomic E-state index is -0.00121. The van der Waals surface area contributed by atoms with Crippen LogP contribution >= 0.6 is 0 Å². The lowest BCUT2D eigenvalue weighted by Gasteiger charge is -2.31. The van der Waals surface area contributed by atoms with E-state index in [2.05, 4.69) is 11.8 Å². The molecule has 0 N–H and O–H groups in total. The van der Waals surface area contributed by atoms with Crippen LogP contribution in [0.3, 0.4) is 0 Å². The fourth-order valence-electron chi connectivity index (χ4n) is 2.09. The maximum Gasteiger partial charge on any atom is 0.310 e. The predicted molar refractivity (Wildman–Crippen MR) is 60.7 cm³/mol. The van der Waals surface area contributed by atoms with Crippen molar-refractivity contribution < 1.29 is 9.53 Å². The zero-order chi connectivity index (χ0) is 11.1. The summed E-state index contributed by atoms with van der Waals surface area (Å²) in [4.78, 5) is 14.0. The predicted octanol–water partition coefficient (Wildman–Crippen LogP) is 2.06. The molecule has 0 bridgehead atoms. The molecule has 1 heterocycles. The Labute approximate surface area is 92.8 Å². The summed E-state index contributed by atoms with van der Waals surface area (Å²) in [6.07, 6.45) is 4.59. The number of carbonyl (C=O) groups excluding carboxylic acids is 1. The normalized spacial score (nSPS) is 22.7. The van der Waals surface area contributed by atoms with E-state index in [1.54, 1.807) is 0 Å². The van der Waals surface area contributed by atoms with Gasteiger partial charge in [0.15, 0.2) is 0 Å². The van der Waals surface area contributed by atoms with Crippen molar-refractivity contribution in [3.8, 4) is 0 Å². The molecule has 0 aromatic carbocycles. The van der Waals surface area contributed by atoms with Crippen molar-refractivity contribution in [2.45, 2.75) is 39.5 Å². The van der Waals surface area contributed by atoms with Crippen LogP contribution in [0.25, 0.3) is 0 Å². The number of esters is 1. The topological polar surface area (TPSA) is 29.5 Å². The van der Waals surface area contributed by atoms with E-state index in [0.717, 1.165) is 32.5 Å². The molecule has 0 amide bonds. The Morgan fingerprint density at radius 1 is 1.47 bits per heavy atom. The minimum absolute atomic E-state index is 0.00121. The molecule has 0 aliphatic carbocycles. The van der Waals surface area contributed by atoms with E-state index in [-0.39, 0.29) is 11.9 Å². The molecule has 88 valence electrons. The molecular weight excluding hydrogens is 190 g/mol. The Hall–Kier alpha value is -0.570. The van der Waals surface area contributed by atoms with Crippen LogP contribution in [0, 0.1) is 5.92 Å². The van der Waals surface area contributed by atoms with Crippen molar-refractivity contribution >= 4 is 5.97 Å². The molecule has 0 radical (unpaired) electrons. The molecule has 0 spiro atoms. The fourth-order valence-corrected chi connectivity index (χ4v) is 2.09. The van der Waals surface area contributed by atoms with Crippen LogP contribution in [0.15, 0.2) is 0 Å². The second-order valence-electron chi connectivity index (χ2n) is 4.25. The van der Waals surface area contributed by atoms with Crippen molar-refractivity contribution in [1.82, 2.24) is 4.90 Å². The molecule has 15 heavy (non-hydrogen) atoms. The summed E-state index contributed by atoms with van der Waals surface area (Å²) in [5.41, 5.74) is 0. The van der Waals surface area contributed by atoms with Gasteiger partial charge in [0.25, 0.3) is 0 Å². The Kier molecular flexibility index (Phi) is 5.69. The first kappa shape index (κ1) is 12.5. The number of likely N-dealkylation sites (tertiary alicyclic amines) is 1. The first-order chi connectivity index (χ1) is 7.27. The molecular formula is C12H23NO2. The number of carbonyl (C=O) groups is 1. The number of nitrogens with zero attached hydrogens (tertiary/aromatic N) is 1. The molecule has 0 saturated carbocycles. The van der Waals surface area contributed by atoms with Gasteiger partial charge in [-0.15, -0.1) is 0 Å². The lowest BCUT2D eigenvalue weighted by molar-refractivity contribution is -0.149. The molecule has 1 saturated heterocycles. The molecule has 1 rings (SSSR count). The SMILES string of the molecule is CCCCN1CCC[C@@H](C(=O)OCC)C1. The Morgan fingerprint density at radius 3 is 2.93 bits per heavy atom. The zero-order valence-corrected chi connectivity index (χ0v) is 10.00. The first-order valence-corrected chi connectivity index (χ1v) is 6.16. The monoisotopic (exact) mass is 213 g/mol. The number of ether oxygens (including phenoxy) is 1. The van der Waals surface area contributed by atoms with Gasteiger partial charge in [0.1, 0.15) is 0 Å². The van der Waals surface area contributed by atoms with Crippen molar-refractivity contribution in [2.75, 3.05) is 26.2 Å². The molecule has 1 aliphatic rings. The van der Waals surface area contributed by atoms with Crippen molar-refractivity contribution in [2.24, 2.45) is 5.92 Å². The van der Waals surface area contributed by atoms with Gasteiger partial charge in [0.05, 0.1) is 12.5 Å². The van der Waals surface area contributed by atoms with Crippen LogP contribution in [-0.4, -0.2) is 37.1 Å². The highest BCUT2D eigenvalue weighted by Gasteiger charge is 2.26. The second kappa shape index (κ2) is 6.83. The molecule has 0 aromatic rings. The summed E-state index contributed by atoms with van der Waals surface area (Å²) in [7, 11) is 0. The lowest BCUT2D eigenvalue weighted by Crippen LogP contribution is -2.39. The van der Waals surface area contributed by atoms with Crippen molar-refractivity contribution in [3.05, 3.63) is 0 Å². The fraction of sp³-hybridized carbons (Fsp3) is 0.917. The third kappa shape index (κ3) is 4.20. The number of piperidine rings is 1. The molecule has 3 heteroatoms. The van der Waals surface area contributed by atoms with Gasteiger partial charge < -0.3 is 9.64 Å². The Morgan fingerprint density at radius 2 is 2.27 bits per heavy atom. The molecule has 0 unspecified atom stereocenters. The third-order valence-corrected chi connectivity index (χ3v) is 2.95. The van der Waals surface area contributed by atoms with E-state index in [1.165, 1.54) is 12.8 Å². The van der Waals surface area contributed by atoms with Crippen LogP contribution in [0.4, 0.5) is 0 Å². The summed E-state index contributed by atoms with van der Waals surface area (Å²) < 4.78 is 5.07. The number of hydrogen-bond donors (Lipinski definition) is 0. The maximum atomic E-state index is 11.6. The van der Waals surface area contributed by atoms with E-state index >= 15 is 0 Å². The third-order valence-electron chi connectivity index (χ3n) is 2.95. The number of hydrogen-bond acceptors (Lipinski definition) is 3. The highest BCUT2D eigenvalue weighted by molar-refractivity contribution is 5.72. The molecule has 0 aromatic heterocycles. The highest BCUT2D eigenvalue weighted by Crippen LogP contribution is 2.18. The van der Waals surface area contributed by atoms with Gasteiger partial charge in [-0.2, -0.15) is 0 Å². The van der Waals surface area contributed by atoms with Crippen LogP contribution in [-0.2, 0) is 9.53 Å². The molecule has 1 fully saturated rings. The Balaban J connectivity index is 2.31. The van der Waals surface area contributed by atoms with E-state index < -0.39 is 0 Å². The van der Waals surface area contributed by atoms with Crippen molar-refractivity contribution in [3.63, 3.8) is 0 Å². The van der Waals surface area contributed by atoms with Gasteiger partial charge in [0.2, 0.25) is 0 Å². The second-order valence-corrected chi connectivity index (χ2v) is 4.25. The minimum Gasteiger partial charge on any atom is -0.466 e. The van der Waals surface area contributed by atoms with Gasteiger partial charge in [-0.05, 0) is 39.3 Å². The van der Waals surface area contributed by atoms with E-state index in [4.69, 9.17) is 4.74 Å². The summed E-state index contributed by atoms with van der Waals surface area (Å²) in [5.74, 6) is 0.120. The summed E-state index contributed by atoms with van der Waals surface area (Å²) in [6.45, 7) is 7.76. The van der Waals surface area contributed by atoms with Crippen LogP contribution in [0.2, 0.25) is 0 Å². The number of rotatable bonds is 5. The van der Waals surface area contributed by atoms with E-state index in [1.807, 2.05) is 6.92 Å². The van der Waals surface area contributed by atoms with Crippen LogP contribution in [0.5, 0.6) is 0 Å². The van der Waals surface area contributed by atoms with Gasteiger partial charge in [-0.25, -0.2) is 0 Å². The summed E-state index contributed by atoms with van der Waals surface area (Å²) in [5, 5.41) is 0. The van der Waals surface area contributed by atoms with Crippen LogP contribution < -0.4 is 0 Å². The van der Waals surface area contributed by atoms with Crippen molar-refractivity contribution in [1.29, 1.82) is 0 Å². The molecule has 1 atom stereocenters. The number of unbranched alkanes of at least 4 members (excludes halogenated alkanes) is 1. The Bertz CT molecular complexity index is 194. The van der Waals surface area contributed by atoms with Gasteiger partial charge >= 0.3 is 5.97 Å². The molecule has 1 aliphatic heterocycles. The maximum absolute atomic E-state index is 11.6. The van der Waals surface area contributed by atoms with Gasteiger partial charge in [-0.1, -0.05) is 13.3 Å². The largest absolute Gasteiger partial charge is 0.466 e. The van der Waals surface area contributed by atoms with E-state index in [9.17, 15) is 4.79 Å².